The molecule has 0 amide bonds. The third-order valence-corrected chi connectivity index (χ3v) is 4.94. The maximum atomic E-state index is 12.0. The average Bonchev–Trinajstić information content (AvgIpc) is 2.77. The molecule has 0 unspecified atom stereocenters. The number of phenolic OH excluding ortho intramolecular Hbond substituents is 1. The number of benzene rings is 1. The van der Waals surface area contributed by atoms with Crippen LogP contribution in [0.25, 0.3) is 0 Å². The summed E-state index contributed by atoms with van der Waals surface area (Å²) in [5, 5.41) is 9.67. The summed E-state index contributed by atoms with van der Waals surface area (Å²) in [6.07, 6.45) is 21.8. The van der Waals surface area contributed by atoms with Crippen molar-refractivity contribution in [2.24, 2.45) is 0 Å². The SMILES string of the molecule is CCCCCC=CC/C=C\CCCCCCCC(=O)Oc1ccc(O)c(C(=O)OC)c1. The zero-order chi connectivity index (χ0) is 22.7. The molecule has 5 nitrogen and oxygen atoms in total. The van der Waals surface area contributed by atoms with Gasteiger partial charge in [-0.1, -0.05) is 63.3 Å². The quantitative estimate of drug-likeness (QED) is 0.134. The van der Waals surface area contributed by atoms with E-state index in [0.717, 1.165) is 38.5 Å². The van der Waals surface area contributed by atoms with Crippen LogP contribution >= 0.6 is 0 Å². The second-order valence-corrected chi connectivity index (χ2v) is 7.63. The lowest BCUT2D eigenvalue weighted by molar-refractivity contribution is -0.134. The zero-order valence-corrected chi connectivity index (χ0v) is 19.1. The summed E-state index contributed by atoms with van der Waals surface area (Å²) in [5.74, 6) is -0.998. The number of hydrogen-bond acceptors (Lipinski definition) is 5. The lowest BCUT2D eigenvalue weighted by atomic mass is 10.1. The van der Waals surface area contributed by atoms with Crippen LogP contribution in [0.3, 0.4) is 0 Å². The van der Waals surface area contributed by atoms with Crippen LogP contribution in [-0.4, -0.2) is 24.2 Å². The number of unbranched alkanes of at least 4 members (excludes halogenated alkanes) is 8. The van der Waals surface area contributed by atoms with E-state index in [1.807, 2.05) is 0 Å². The highest BCUT2D eigenvalue weighted by Gasteiger charge is 2.14. The minimum Gasteiger partial charge on any atom is -0.507 e. The van der Waals surface area contributed by atoms with E-state index in [1.54, 1.807) is 0 Å². The van der Waals surface area contributed by atoms with E-state index in [-0.39, 0.29) is 23.0 Å². The first-order valence-electron chi connectivity index (χ1n) is 11.5. The Morgan fingerprint density at radius 3 is 2.23 bits per heavy atom. The van der Waals surface area contributed by atoms with E-state index in [9.17, 15) is 14.7 Å². The molecule has 0 radical (unpaired) electrons. The molecule has 0 bridgehead atoms. The van der Waals surface area contributed by atoms with Crippen LogP contribution in [0, 0.1) is 0 Å². The molecule has 1 aromatic carbocycles. The van der Waals surface area contributed by atoms with Crippen LogP contribution in [-0.2, 0) is 9.53 Å². The minimum atomic E-state index is -0.677. The number of hydrogen-bond donors (Lipinski definition) is 1. The number of aromatic hydroxyl groups is 1. The summed E-state index contributed by atoms with van der Waals surface area (Å²) < 4.78 is 9.84. The Kier molecular flexibility index (Phi) is 14.7. The number of allylic oxidation sites excluding steroid dienone is 4. The Morgan fingerprint density at radius 1 is 0.903 bits per heavy atom. The number of methoxy groups -OCH3 is 1. The molecule has 31 heavy (non-hydrogen) atoms. The largest absolute Gasteiger partial charge is 0.507 e. The first-order chi connectivity index (χ1) is 15.1. The van der Waals surface area contributed by atoms with Crippen LogP contribution in [0.2, 0.25) is 0 Å². The Labute approximate surface area is 187 Å². The van der Waals surface area contributed by atoms with Gasteiger partial charge in [0, 0.05) is 6.42 Å². The summed E-state index contributed by atoms with van der Waals surface area (Å²) >= 11 is 0. The molecule has 0 aliphatic heterocycles. The van der Waals surface area contributed by atoms with Crippen LogP contribution in [0.5, 0.6) is 11.5 Å². The molecule has 172 valence electrons. The highest BCUT2D eigenvalue weighted by atomic mass is 16.5. The number of esters is 2. The van der Waals surface area contributed by atoms with Gasteiger partial charge in [0.2, 0.25) is 0 Å². The maximum absolute atomic E-state index is 12.0. The Balaban J connectivity index is 2.07. The fraction of sp³-hybridized carbons (Fsp3) is 0.538. The number of ether oxygens (including phenoxy) is 2. The lowest BCUT2D eigenvalue weighted by Crippen LogP contribution is -2.09. The van der Waals surface area contributed by atoms with Crippen LogP contribution < -0.4 is 4.74 Å². The van der Waals surface area contributed by atoms with Gasteiger partial charge in [-0.25, -0.2) is 4.79 Å². The van der Waals surface area contributed by atoms with Crippen LogP contribution in [0.4, 0.5) is 0 Å². The van der Waals surface area contributed by atoms with E-state index >= 15 is 0 Å². The van der Waals surface area contributed by atoms with E-state index in [4.69, 9.17) is 4.74 Å². The number of carbonyl (C=O) groups excluding carboxylic acids is 2. The Hall–Kier alpha value is -2.56. The molecule has 0 saturated carbocycles. The molecular formula is C26H38O5. The van der Waals surface area contributed by atoms with Gasteiger partial charge in [-0.2, -0.15) is 0 Å². The van der Waals surface area contributed by atoms with E-state index in [0.29, 0.717) is 6.42 Å². The van der Waals surface area contributed by atoms with Crippen molar-refractivity contribution in [1.29, 1.82) is 0 Å². The molecule has 0 heterocycles. The molecule has 0 spiro atoms. The van der Waals surface area contributed by atoms with Crippen molar-refractivity contribution in [2.75, 3.05) is 7.11 Å². The summed E-state index contributed by atoms with van der Waals surface area (Å²) in [6, 6.07) is 4.08. The van der Waals surface area contributed by atoms with Gasteiger partial charge in [-0.3, -0.25) is 4.79 Å². The number of rotatable bonds is 16. The molecule has 1 rings (SSSR count). The molecule has 0 atom stereocenters. The third-order valence-electron chi connectivity index (χ3n) is 4.94. The lowest BCUT2D eigenvalue weighted by Gasteiger charge is -2.07. The summed E-state index contributed by atoms with van der Waals surface area (Å²) in [4.78, 5) is 23.5. The maximum Gasteiger partial charge on any atom is 0.341 e. The summed E-state index contributed by atoms with van der Waals surface area (Å²) in [6.45, 7) is 2.23. The monoisotopic (exact) mass is 430 g/mol. The van der Waals surface area contributed by atoms with Crippen molar-refractivity contribution in [3.8, 4) is 11.5 Å². The predicted molar refractivity (Wildman–Crippen MR) is 124 cm³/mol. The molecule has 1 N–H and O–H groups in total. The second-order valence-electron chi connectivity index (χ2n) is 7.63. The van der Waals surface area contributed by atoms with Crippen LogP contribution in [0.1, 0.15) is 94.3 Å². The molecule has 5 heteroatoms. The van der Waals surface area contributed by atoms with Gasteiger partial charge in [0.05, 0.1) is 7.11 Å². The van der Waals surface area contributed by atoms with Crippen molar-refractivity contribution >= 4 is 11.9 Å². The van der Waals surface area contributed by atoms with Gasteiger partial charge < -0.3 is 14.6 Å². The Morgan fingerprint density at radius 2 is 1.55 bits per heavy atom. The van der Waals surface area contributed by atoms with E-state index in [2.05, 4.69) is 36.0 Å². The van der Waals surface area contributed by atoms with Gasteiger partial charge in [0.25, 0.3) is 0 Å². The normalized spacial score (nSPS) is 11.3. The first-order valence-corrected chi connectivity index (χ1v) is 11.5. The molecule has 0 aliphatic rings. The molecule has 0 saturated heterocycles. The van der Waals surface area contributed by atoms with Crippen molar-refractivity contribution in [3.63, 3.8) is 0 Å². The van der Waals surface area contributed by atoms with Crippen molar-refractivity contribution in [2.45, 2.75) is 84.0 Å². The van der Waals surface area contributed by atoms with Gasteiger partial charge in [0.1, 0.15) is 17.1 Å². The fourth-order valence-corrected chi connectivity index (χ4v) is 3.12. The minimum absolute atomic E-state index is 0.0233. The van der Waals surface area contributed by atoms with Crippen molar-refractivity contribution < 1.29 is 24.2 Å². The highest BCUT2D eigenvalue weighted by Crippen LogP contribution is 2.24. The van der Waals surface area contributed by atoms with E-state index in [1.165, 1.54) is 57.4 Å². The average molecular weight is 431 g/mol. The van der Waals surface area contributed by atoms with Gasteiger partial charge in [-0.15, -0.1) is 0 Å². The zero-order valence-electron chi connectivity index (χ0n) is 19.1. The van der Waals surface area contributed by atoms with E-state index < -0.39 is 5.97 Å². The smallest absolute Gasteiger partial charge is 0.341 e. The van der Waals surface area contributed by atoms with Gasteiger partial charge >= 0.3 is 11.9 Å². The predicted octanol–water partition coefficient (Wildman–Crippen LogP) is 6.90. The fourth-order valence-electron chi connectivity index (χ4n) is 3.12. The molecular weight excluding hydrogens is 392 g/mol. The van der Waals surface area contributed by atoms with Crippen LogP contribution in [0.15, 0.2) is 42.5 Å². The third kappa shape index (κ3) is 12.7. The second kappa shape index (κ2) is 17.2. The first kappa shape index (κ1) is 26.5. The topological polar surface area (TPSA) is 72.8 Å². The Bertz CT molecular complexity index is 706. The summed E-state index contributed by atoms with van der Waals surface area (Å²) in [5.41, 5.74) is -0.0233. The number of phenols is 1. The van der Waals surface area contributed by atoms with Crippen molar-refractivity contribution in [3.05, 3.63) is 48.1 Å². The molecule has 1 aromatic rings. The standard InChI is InChI=1S/C26H38O5/c1-3-4-5-6-7-8-9-10-11-12-13-14-15-16-17-18-25(28)31-22-19-20-24(27)23(21-22)26(29)30-2/h7-8,10-11,19-21,27H,3-6,9,12-18H2,1-2H3/b8-7?,11-10-. The molecule has 0 aliphatic carbocycles. The van der Waals surface area contributed by atoms with Crippen molar-refractivity contribution in [1.82, 2.24) is 0 Å². The summed E-state index contributed by atoms with van der Waals surface area (Å²) in [7, 11) is 1.23. The molecule has 0 fully saturated rings. The highest BCUT2D eigenvalue weighted by molar-refractivity contribution is 5.93. The van der Waals surface area contributed by atoms with Gasteiger partial charge in [0.15, 0.2) is 0 Å². The molecule has 0 aromatic heterocycles. The number of carbonyl (C=O) groups is 2. The van der Waals surface area contributed by atoms with Gasteiger partial charge in [-0.05, 0) is 56.7 Å².